The van der Waals surface area contributed by atoms with Gasteiger partial charge in [-0.05, 0) is 43.9 Å². The van der Waals surface area contributed by atoms with Gasteiger partial charge in [0.15, 0.2) is 0 Å². The lowest BCUT2D eigenvalue weighted by Crippen LogP contribution is -2.48. The third-order valence-corrected chi connectivity index (χ3v) is 6.50. The number of likely N-dealkylation sites (N-methyl/N-ethyl adjacent to an activating group) is 1. The predicted molar refractivity (Wildman–Crippen MR) is 136 cm³/mol. The van der Waals surface area contributed by atoms with Crippen LogP contribution < -0.4 is 10.2 Å². The Morgan fingerprint density at radius 1 is 1.02 bits per heavy atom. The van der Waals surface area contributed by atoms with Gasteiger partial charge < -0.3 is 20.2 Å². The summed E-state index contributed by atoms with van der Waals surface area (Å²) < 4.78 is 33.2. The molecule has 0 aromatic carbocycles. The predicted octanol–water partition coefficient (Wildman–Crippen LogP) is 2.63. The summed E-state index contributed by atoms with van der Waals surface area (Å²) in [5.74, 6) is -2.87. The number of halogens is 3. The Morgan fingerprint density at radius 2 is 1.62 bits per heavy atom. The van der Waals surface area contributed by atoms with Crippen LogP contribution in [0.3, 0.4) is 0 Å². The minimum absolute atomic E-state index is 0.00531. The molecule has 3 aromatic rings. The van der Waals surface area contributed by atoms with Gasteiger partial charge in [-0.2, -0.15) is 23.0 Å². The normalized spacial score (nSPS) is 15.6. The van der Waals surface area contributed by atoms with Crippen LogP contribution in [0.25, 0.3) is 5.95 Å². The van der Waals surface area contributed by atoms with E-state index >= 15 is 0 Å². The molecule has 1 saturated carbocycles. The number of pyridine rings is 1. The van der Waals surface area contributed by atoms with E-state index < -0.39 is 24.0 Å². The van der Waals surface area contributed by atoms with Crippen molar-refractivity contribution in [1.29, 1.82) is 0 Å². The first-order valence-electron chi connectivity index (χ1n) is 12.4. The fourth-order valence-electron chi connectivity index (χ4n) is 4.18. The fraction of sp³-hybridized carbons (Fsp3) is 0.400. The van der Waals surface area contributed by atoms with Crippen LogP contribution in [0.15, 0.2) is 49.1 Å². The molecule has 0 spiro atoms. The summed E-state index contributed by atoms with van der Waals surface area (Å²) in [7, 11) is 1.70. The van der Waals surface area contributed by atoms with Crippen LogP contribution in [0, 0.1) is 0 Å². The average Bonchev–Trinajstić information content (AvgIpc) is 3.73. The van der Waals surface area contributed by atoms with E-state index in [2.05, 4.69) is 30.3 Å². The number of amides is 2. The monoisotopic (exact) mass is 560 g/mol. The molecule has 2 fully saturated rings. The highest BCUT2D eigenvalue weighted by Crippen LogP contribution is 2.40. The number of alkyl halides is 3. The molecule has 4 heterocycles. The Balaban J connectivity index is 0.000000470. The number of rotatable bonds is 5. The molecule has 1 saturated heterocycles. The van der Waals surface area contributed by atoms with E-state index in [1.54, 1.807) is 42.8 Å². The Kier molecular flexibility index (Phi) is 8.60. The van der Waals surface area contributed by atoms with Gasteiger partial charge in [0.25, 0.3) is 5.95 Å². The summed E-state index contributed by atoms with van der Waals surface area (Å²) in [6, 6.07) is 7.50. The number of carbonyl (C=O) groups excluding carboxylic acids is 2. The number of nitrogens with zero attached hydrogens (tertiary/aromatic N) is 7. The van der Waals surface area contributed by atoms with Gasteiger partial charge in [0.05, 0.1) is 5.69 Å². The second kappa shape index (κ2) is 12.1. The summed E-state index contributed by atoms with van der Waals surface area (Å²) in [4.78, 5) is 51.0. The molecule has 5 rings (SSSR count). The molecule has 212 valence electrons. The molecule has 0 bridgehead atoms. The van der Waals surface area contributed by atoms with Crippen LogP contribution >= 0.6 is 0 Å². The van der Waals surface area contributed by atoms with Crippen molar-refractivity contribution in [2.24, 2.45) is 0 Å². The first-order valence-corrected chi connectivity index (χ1v) is 12.4. The van der Waals surface area contributed by atoms with Gasteiger partial charge >= 0.3 is 24.0 Å². The smallest absolute Gasteiger partial charge is 0.475 e. The molecule has 2 N–H and O–H groups in total. The van der Waals surface area contributed by atoms with E-state index in [1.807, 2.05) is 18.2 Å². The van der Waals surface area contributed by atoms with Crippen LogP contribution in [0.2, 0.25) is 0 Å². The highest BCUT2D eigenvalue weighted by molar-refractivity contribution is 6.39. The molecule has 2 amide bonds. The number of hydrogen-bond donors (Lipinski definition) is 2. The first kappa shape index (κ1) is 28.4. The van der Waals surface area contributed by atoms with Crippen molar-refractivity contribution in [3.05, 3.63) is 54.7 Å². The van der Waals surface area contributed by atoms with E-state index in [4.69, 9.17) is 9.90 Å². The number of carboxylic acids is 1. The van der Waals surface area contributed by atoms with E-state index in [9.17, 15) is 22.8 Å². The molecule has 0 radical (unpaired) electrons. The number of piperidine rings is 1. The second-order valence-corrected chi connectivity index (χ2v) is 9.29. The summed E-state index contributed by atoms with van der Waals surface area (Å²) in [5, 5.41) is 14.4. The molecule has 1 aliphatic carbocycles. The molecule has 40 heavy (non-hydrogen) atoms. The van der Waals surface area contributed by atoms with Gasteiger partial charge in [-0.15, -0.1) is 0 Å². The minimum Gasteiger partial charge on any atom is -0.475 e. The zero-order valence-corrected chi connectivity index (χ0v) is 21.5. The number of hydrogen-bond acceptors (Lipinski definition) is 8. The van der Waals surface area contributed by atoms with Crippen molar-refractivity contribution < 1.29 is 32.7 Å². The summed E-state index contributed by atoms with van der Waals surface area (Å²) in [6.07, 6.45) is 5.43. The van der Waals surface area contributed by atoms with Gasteiger partial charge in [0.1, 0.15) is 5.82 Å². The summed E-state index contributed by atoms with van der Waals surface area (Å²) in [6.45, 7) is 1.63. The van der Waals surface area contributed by atoms with Crippen LogP contribution in [0.1, 0.15) is 37.3 Å². The van der Waals surface area contributed by atoms with Gasteiger partial charge in [0, 0.05) is 68.6 Å². The average molecular weight is 561 g/mol. The fourth-order valence-corrected chi connectivity index (χ4v) is 4.18. The maximum Gasteiger partial charge on any atom is 0.490 e. The number of aromatic nitrogens is 5. The molecular formula is C25H27F3N8O4. The minimum atomic E-state index is -5.08. The maximum absolute atomic E-state index is 12.9. The van der Waals surface area contributed by atoms with Crippen molar-refractivity contribution in [2.45, 2.75) is 43.8 Å². The molecule has 0 unspecified atom stereocenters. The molecule has 2 aliphatic rings. The number of anilines is 2. The lowest BCUT2D eigenvalue weighted by atomic mass is 10.0. The van der Waals surface area contributed by atoms with E-state index in [-0.39, 0.29) is 6.04 Å². The van der Waals surface area contributed by atoms with Crippen LogP contribution in [0.4, 0.5) is 24.7 Å². The van der Waals surface area contributed by atoms with Crippen molar-refractivity contribution in [3.63, 3.8) is 0 Å². The number of aliphatic carboxylic acids is 1. The number of nitrogens with one attached hydrogen (secondary N) is 1. The standard InChI is InChI=1S/C23H26N8O2.C2HF3O2/c1-29(17-7-13-30(14-8-17)18-5-11-24-12-6-18)22(33)21(32)27-20-15-19(16-3-4-16)28-31(20)23-25-9-2-10-26-23;3-2(4,5)1(6)7/h2,5-6,9-12,15-17H,3-4,7-8,13-14H2,1H3,(H,27,32);(H,6,7). The van der Waals surface area contributed by atoms with Crippen molar-refractivity contribution in [3.8, 4) is 5.95 Å². The van der Waals surface area contributed by atoms with E-state index in [0.717, 1.165) is 50.2 Å². The van der Waals surface area contributed by atoms with Gasteiger partial charge in [-0.1, -0.05) is 0 Å². The van der Waals surface area contributed by atoms with Crippen molar-refractivity contribution in [1.82, 2.24) is 29.6 Å². The molecule has 15 heteroatoms. The third kappa shape index (κ3) is 7.09. The van der Waals surface area contributed by atoms with Gasteiger partial charge in [-0.25, -0.2) is 14.8 Å². The Hall–Kier alpha value is -4.56. The molecule has 12 nitrogen and oxygen atoms in total. The largest absolute Gasteiger partial charge is 0.490 e. The lowest BCUT2D eigenvalue weighted by molar-refractivity contribution is -0.192. The van der Waals surface area contributed by atoms with Crippen molar-refractivity contribution in [2.75, 3.05) is 30.4 Å². The molecule has 0 atom stereocenters. The van der Waals surface area contributed by atoms with Crippen LogP contribution in [-0.2, 0) is 14.4 Å². The Bertz CT molecular complexity index is 1320. The van der Waals surface area contributed by atoms with E-state index in [0.29, 0.717) is 17.7 Å². The Labute approximate surface area is 226 Å². The number of carbonyl (C=O) groups is 3. The third-order valence-electron chi connectivity index (χ3n) is 6.50. The zero-order chi connectivity index (χ0) is 28.9. The van der Waals surface area contributed by atoms with Crippen LogP contribution in [0.5, 0.6) is 0 Å². The van der Waals surface area contributed by atoms with E-state index in [1.165, 1.54) is 4.68 Å². The second-order valence-electron chi connectivity index (χ2n) is 9.29. The highest BCUT2D eigenvalue weighted by Gasteiger charge is 2.38. The summed E-state index contributed by atoms with van der Waals surface area (Å²) in [5.41, 5.74) is 2.00. The lowest BCUT2D eigenvalue weighted by Gasteiger charge is -2.37. The maximum atomic E-state index is 12.9. The summed E-state index contributed by atoms with van der Waals surface area (Å²) >= 11 is 0. The zero-order valence-electron chi connectivity index (χ0n) is 21.5. The SMILES string of the molecule is CN(C(=O)C(=O)Nc1cc(C2CC2)nn1-c1ncccn1)C1CCN(c2ccncc2)CC1.O=C(O)C(F)(F)F. The highest BCUT2D eigenvalue weighted by atomic mass is 19.4. The van der Waals surface area contributed by atoms with Crippen LogP contribution in [-0.4, -0.2) is 84.9 Å². The molecular weight excluding hydrogens is 533 g/mol. The Morgan fingerprint density at radius 3 is 2.17 bits per heavy atom. The molecule has 1 aliphatic heterocycles. The van der Waals surface area contributed by atoms with Gasteiger partial charge in [-0.3, -0.25) is 14.6 Å². The van der Waals surface area contributed by atoms with Crippen molar-refractivity contribution >= 4 is 29.3 Å². The first-order chi connectivity index (χ1) is 19.0. The number of carboxylic acid groups (broad SMARTS) is 1. The molecule has 3 aromatic heterocycles. The topological polar surface area (TPSA) is 146 Å². The quantitative estimate of drug-likeness (QED) is 0.450. The van der Waals surface area contributed by atoms with Gasteiger partial charge in [0.2, 0.25) is 0 Å².